The number of hydrogen-bond acceptors (Lipinski definition) is 7. The van der Waals surface area contributed by atoms with Gasteiger partial charge >= 0.3 is 0 Å². The van der Waals surface area contributed by atoms with Gasteiger partial charge in [0.15, 0.2) is 5.69 Å². The largest absolute Gasteiger partial charge is 0.497 e. The topological polar surface area (TPSA) is 74.5 Å². The van der Waals surface area contributed by atoms with Crippen molar-refractivity contribution in [1.29, 1.82) is 5.26 Å². The normalized spacial score (nSPS) is 14.8. The zero-order valence-corrected chi connectivity index (χ0v) is 14.5. The third kappa shape index (κ3) is 4.17. The maximum absolute atomic E-state index is 8.80. The van der Waals surface area contributed by atoms with E-state index in [-0.39, 0.29) is 0 Å². The van der Waals surface area contributed by atoms with E-state index in [9.17, 15) is 0 Å². The lowest BCUT2D eigenvalue weighted by atomic mass is 10.1. The van der Waals surface area contributed by atoms with Gasteiger partial charge in [0.1, 0.15) is 23.4 Å². The van der Waals surface area contributed by atoms with Crippen LogP contribution >= 0.6 is 0 Å². The highest BCUT2D eigenvalue weighted by molar-refractivity contribution is 5.39. The molecular weight excluding hydrogens is 318 g/mol. The van der Waals surface area contributed by atoms with Crippen LogP contribution in [0, 0.1) is 11.3 Å². The highest BCUT2D eigenvalue weighted by Crippen LogP contribution is 2.24. The van der Waals surface area contributed by atoms with E-state index in [0.29, 0.717) is 5.69 Å². The lowest BCUT2D eigenvalue weighted by Crippen LogP contribution is -2.46. The van der Waals surface area contributed by atoms with Crippen LogP contribution in [0.5, 0.6) is 11.5 Å². The Morgan fingerprint density at radius 1 is 1.00 bits per heavy atom. The Labute approximate surface area is 147 Å². The van der Waals surface area contributed by atoms with E-state index in [0.717, 1.165) is 50.0 Å². The third-order valence-electron chi connectivity index (χ3n) is 4.27. The Kier molecular flexibility index (Phi) is 5.31. The van der Waals surface area contributed by atoms with Gasteiger partial charge in [-0.25, -0.2) is 9.97 Å². The van der Waals surface area contributed by atoms with Crippen molar-refractivity contribution in [2.24, 2.45) is 0 Å². The van der Waals surface area contributed by atoms with Crippen molar-refractivity contribution >= 4 is 5.82 Å². The fraction of sp³-hybridized carbons (Fsp3) is 0.389. The summed E-state index contributed by atoms with van der Waals surface area (Å²) in [6, 6.07) is 7.95. The SMILES string of the molecule is COc1cc(CN2CCN(c3cnc(C#N)cn3)CC2)cc(OC)c1. The number of nitrogens with zero attached hydrogens (tertiary/aromatic N) is 5. The summed E-state index contributed by atoms with van der Waals surface area (Å²) < 4.78 is 10.7. The van der Waals surface area contributed by atoms with Crippen molar-refractivity contribution in [1.82, 2.24) is 14.9 Å². The molecule has 25 heavy (non-hydrogen) atoms. The summed E-state index contributed by atoms with van der Waals surface area (Å²) in [6.07, 6.45) is 3.19. The molecule has 0 atom stereocenters. The average Bonchev–Trinajstić information content (AvgIpc) is 2.68. The molecule has 1 aromatic carbocycles. The van der Waals surface area contributed by atoms with Gasteiger partial charge < -0.3 is 14.4 Å². The Morgan fingerprint density at radius 2 is 1.68 bits per heavy atom. The molecule has 1 aliphatic rings. The first-order valence-electron chi connectivity index (χ1n) is 8.13. The van der Waals surface area contributed by atoms with Crippen LogP contribution < -0.4 is 14.4 Å². The second-order valence-electron chi connectivity index (χ2n) is 5.86. The molecule has 0 radical (unpaired) electrons. The van der Waals surface area contributed by atoms with Gasteiger partial charge in [0.2, 0.25) is 0 Å². The Bertz CT molecular complexity index is 727. The second-order valence-corrected chi connectivity index (χ2v) is 5.86. The summed E-state index contributed by atoms with van der Waals surface area (Å²) in [4.78, 5) is 13.0. The monoisotopic (exact) mass is 339 g/mol. The van der Waals surface area contributed by atoms with Gasteiger partial charge in [-0.2, -0.15) is 5.26 Å². The minimum Gasteiger partial charge on any atom is -0.497 e. The molecule has 0 saturated carbocycles. The van der Waals surface area contributed by atoms with Crippen molar-refractivity contribution in [3.05, 3.63) is 41.9 Å². The molecule has 3 rings (SSSR count). The van der Waals surface area contributed by atoms with Crippen LogP contribution in [-0.4, -0.2) is 55.3 Å². The van der Waals surface area contributed by atoms with Gasteiger partial charge in [0.05, 0.1) is 26.6 Å². The Morgan fingerprint density at radius 3 is 2.20 bits per heavy atom. The molecule has 1 saturated heterocycles. The first kappa shape index (κ1) is 17.0. The molecule has 0 aliphatic carbocycles. The van der Waals surface area contributed by atoms with Gasteiger partial charge in [-0.05, 0) is 17.7 Å². The van der Waals surface area contributed by atoms with E-state index < -0.39 is 0 Å². The molecule has 1 fully saturated rings. The lowest BCUT2D eigenvalue weighted by Gasteiger charge is -2.35. The molecule has 0 spiro atoms. The molecule has 0 bridgehead atoms. The van der Waals surface area contributed by atoms with E-state index in [4.69, 9.17) is 14.7 Å². The maximum Gasteiger partial charge on any atom is 0.158 e. The molecule has 0 N–H and O–H groups in total. The lowest BCUT2D eigenvalue weighted by molar-refractivity contribution is 0.248. The number of nitriles is 1. The van der Waals surface area contributed by atoms with Crippen LogP contribution in [0.3, 0.4) is 0 Å². The molecule has 2 heterocycles. The summed E-state index contributed by atoms with van der Waals surface area (Å²) >= 11 is 0. The first-order chi connectivity index (χ1) is 12.2. The summed E-state index contributed by atoms with van der Waals surface area (Å²) in [5.41, 5.74) is 1.51. The standard InChI is InChI=1S/C18H21N5O2/c1-24-16-7-14(8-17(9-16)25-2)13-22-3-5-23(6-4-22)18-12-20-15(10-19)11-21-18/h7-9,11-12H,3-6,13H2,1-2H3. The number of aromatic nitrogens is 2. The van der Waals surface area contributed by atoms with Gasteiger partial charge in [0, 0.05) is 38.8 Å². The number of ether oxygens (including phenoxy) is 2. The number of rotatable bonds is 5. The zero-order valence-electron chi connectivity index (χ0n) is 14.5. The molecule has 1 aromatic heterocycles. The maximum atomic E-state index is 8.80. The fourth-order valence-corrected chi connectivity index (χ4v) is 2.89. The van der Waals surface area contributed by atoms with Crippen molar-refractivity contribution in [2.75, 3.05) is 45.3 Å². The predicted molar refractivity (Wildman–Crippen MR) is 93.8 cm³/mol. The zero-order chi connectivity index (χ0) is 17.6. The van der Waals surface area contributed by atoms with Crippen LogP contribution in [0.15, 0.2) is 30.6 Å². The number of benzene rings is 1. The minimum atomic E-state index is 0.342. The first-order valence-corrected chi connectivity index (χ1v) is 8.13. The molecular formula is C18H21N5O2. The van der Waals surface area contributed by atoms with Crippen LogP contribution in [0.1, 0.15) is 11.3 Å². The smallest absolute Gasteiger partial charge is 0.158 e. The third-order valence-corrected chi connectivity index (χ3v) is 4.27. The van der Waals surface area contributed by atoms with Crippen molar-refractivity contribution in [3.8, 4) is 17.6 Å². The van der Waals surface area contributed by atoms with Gasteiger partial charge in [-0.3, -0.25) is 4.90 Å². The minimum absolute atomic E-state index is 0.342. The Hall–Kier alpha value is -2.85. The second kappa shape index (κ2) is 7.81. The van der Waals surface area contributed by atoms with E-state index in [1.807, 2.05) is 24.3 Å². The van der Waals surface area contributed by atoms with E-state index >= 15 is 0 Å². The predicted octanol–water partition coefficient (Wildman–Crippen LogP) is 1.69. The van der Waals surface area contributed by atoms with Crippen molar-refractivity contribution < 1.29 is 9.47 Å². The number of piperazine rings is 1. The molecule has 1 aliphatic heterocycles. The summed E-state index contributed by atoms with van der Waals surface area (Å²) in [7, 11) is 3.33. The highest BCUT2D eigenvalue weighted by Gasteiger charge is 2.19. The van der Waals surface area contributed by atoms with Gasteiger partial charge in [0.25, 0.3) is 0 Å². The number of anilines is 1. The summed E-state index contributed by atoms with van der Waals surface area (Å²) in [6.45, 7) is 4.46. The number of hydrogen-bond donors (Lipinski definition) is 0. The Balaban J connectivity index is 1.60. The van der Waals surface area contributed by atoms with Crippen LogP contribution in [0.2, 0.25) is 0 Å². The molecule has 7 nitrogen and oxygen atoms in total. The van der Waals surface area contributed by atoms with Crippen LogP contribution in [0.4, 0.5) is 5.82 Å². The van der Waals surface area contributed by atoms with E-state index in [1.54, 1.807) is 20.4 Å². The van der Waals surface area contributed by atoms with E-state index in [2.05, 4.69) is 19.8 Å². The van der Waals surface area contributed by atoms with Gasteiger partial charge in [-0.1, -0.05) is 0 Å². The average molecular weight is 339 g/mol. The molecule has 7 heteroatoms. The molecule has 130 valence electrons. The summed E-state index contributed by atoms with van der Waals surface area (Å²) in [5, 5.41) is 8.80. The van der Waals surface area contributed by atoms with E-state index in [1.165, 1.54) is 11.8 Å². The van der Waals surface area contributed by atoms with Gasteiger partial charge in [-0.15, -0.1) is 0 Å². The molecule has 0 amide bonds. The number of methoxy groups -OCH3 is 2. The fourth-order valence-electron chi connectivity index (χ4n) is 2.89. The highest BCUT2D eigenvalue weighted by atomic mass is 16.5. The molecule has 2 aromatic rings. The molecule has 0 unspecified atom stereocenters. The quantitative estimate of drug-likeness (QED) is 0.820. The summed E-state index contributed by atoms with van der Waals surface area (Å²) in [5.74, 6) is 2.43. The van der Waals surface area contributed by atoms with Crippen molar-refractivity contribution in [3.63, 3.8) is 0 Å². The van der Waals surface area contributed by atoms with Crippen molar-refractivity contribution in [2.45, 2.75) is 6.54 Å². The van der Waals surface area contributed by atoms with Crippen LogP contribution in [-0.2, 0) is 6.54 Å². The van der Waals surface area contributed by atoms with Crippen LogP contribution in [0.25, 0.3) is 0 Å².